The third kappa shape index (κ3) is 2.00. The van der Waals surface area contributed by atoms with Crippen LogP contribution in [0.3, 0.4) is 0 Å². The van der Waals surface area contributed by atoms with E-state index in [0.29, 0.717) is 0 Å². The van der Waals surface area contributed by atoms with Crippen molar-refractivity contribution in [2.75, 3.05) is 14.2 Å². The van der Waals surface area contributed by atoms with Crippen LogP contribution >= 0.6 is 0 Å². The Morgan fingerprint density at radius 1 is 1.28 bits per heavy atom. The summed E-state index contributed by atoms with van der Waals surface area (Å²) in [5.74, 6) is -0.568. The summed E-state index contributed by atoms with van der Waals surface area (Å²) in [5, 5.41) is 4.96. The molecule has 0 unspecified atom stereocenters. The predicted molar refractivity (Wildman–Crippen MR) is 67.3 cm³/mol. The van der Waals surface area contributed by atoms with E-state index in [0.717, 1.165) is 10.9 Å². The van der Waals surface area contributed by atoms with Crippen molar-refractivity contribution in [3.05, 3.63) is 36.0 Å². The third-order valence-electron chi connectivity index (χ3n) is 2.47. The molecule has 2 rings (SSSR count). The Hall–Kier alpha value is -2.50. The molecule has 1 aromatic heterocycles. The number of hydrogen-bond donors (Lipinski definition) is 1. The number of carbonyl (C=O) groups excluding carboxylic acids is 1. The molecule has 1 amide bonds. The summed E-state index contributed by atoms with van der Waals surface area (Å²) in [4.78, 5) is 11.4. The summed E-state index contributed by atoms with van der Waals surface area (Å²) in [6, 6.07) is 9.08. The molecule has 2 aromatic rings. The molecule has 0 radical (unpaired) electrons. The highest BCUT2D eigenvalue weighted by Crippen LogP contribution is 2.19. The van der Waals surface area contributed by atoms with Crippen molar-refractivity contribution in [2.45, 2.75) is 0 Å². The van der Waals surface area contributed by atoms with Gasteiger partial charge < -0.3 is 15.2 Å². The second kappa shape index (κ2) is 4.79. The number of amides is 1. The minimum atomic E-state index is -0.568. The molecule has 0 aliphatic heterocycles. The molecule has 94 valence electrons. The third-order valence-corrected chi connectivity index (χ3v) is 2.47. The van der Waals surface area contributed by atoms with Gasteiger partial charge in [-0.3, -0.25) is 4.79 Å². The Morgan fingerprint density at radius 2 is 1.94 bits per heavy atom. The zero-order valence-corrected chi connectivity index (χ0v) is 10.1. The van der Waals surface area contributed by atoms with Crippen LogP contribution in [0.5, 0.6) is 0 Å². The van der Waals surface area contributed by atoms with Crippen molar-refractivity contribution < 1.29 is 14.3 Å². The average molecular weight is 247 g/mol. The lowest BCUT2D eigenvalue weighted by atomic mass is 10.2. The molecule has 6 heteroatoms. The van der Waals surface area contributed by atoms with E-state index in [1.54, 1.807) is 6.07 Å². The van der Waals surface area contributed by atoms with Crippen molar-refractivity contribution in [3.63, 3.8) is 0 Å². The molecule has 0 fully saturated rings. The van der Waals surface area contributed by atoms with Crippen LogP contribution in [0.2, 0.25) is 0 Å². The molecule has 6 nitrogen and oxygen atoms in total. The number of nitrogens with zero attached hydrogens (tertiary/aromatic N) is 2. The molecule has 18 heavy (non-hydrogen) atoms. The second-order valence-corrected chi connectivity index (χ2v) is 3.54. The summed E-state index contributed by atoms with van der Waals surface area (Å²) >= 11 is 0. The van der Waals surface area contributed by atoms with E-state index in [-0.39, 0.29) is 11.8 Å². The van der Waals surface area contributed by atoms with Gasteiger partial charge in [-0.25, -0.2) is 4.68 Å². The molecule has 0 saturated carbocycles. The van der Waals surface area contributed by atoms with Crippen LogP contribution in [-0.2, 0) is 9.47 Å². The molecule has 0 saturated heterocycles. The number of aromatic nitrogens is 1. The van der Waals surface area contributed by atoms with Crippen LogP contribution in [0.15, 0.2) is 35.4 Å². The summed E-state index contributed by atoms with van der Waals surface area (Å²) in [7, 11) is 2.86. The molecule has 2 N–H and O–H groups in total. The van der Waals surface area contributed by atoms with Crippen LogP contribution < -0.4 is 5.73 Å². The molecule has 0 atom stereocenters. The monoisotopic (exact) mass is 247 g/mol. The zero-order chi connectivity index (χ0) is 13.1. The number of benzene rings is 1. The average Bonchev–Trinajstić information content (AvgIpc) is 2.75. The fourth-order valence-corrected chi connectivity index (χ4v) is 1.67. The first-order valence-corrected chi connectivity index (χ1v) is 5.24. The number of methoxy groups -OCH3 is 2. The van der Waals surface area contributed by atoms with Crippen LogP contribution in [-0.4, -0.2) is 30.9 Å². The topological polar surface area (TPSA) is 78.8 Å². The fraction of sp³-hybridized carbons (Fsp3) is 0.167. The maximum atomic E-state index is 11.4. The Labute approximate surface area is 104 Å². The van der Waals surface area contributed by atoms with Crippen molar-refractivity contribution in [1.29, 1.82) is 0 Å². The second-order valence-electron chi connectivity index (χ2n) is 3.54. The summed E-state index contributed by atoms with van der Waals surface area (Å²) in [5.41, 5.74) is 6.34. The van der Waals surface area contributed by atoms with Gasteiger partial charge in [0.05, 0.1) is 19.7 Å². The van der Waals surface area contributed by atoms with E-state index in [1.807, 2.05) is 24.3 Å². The molecule has 0 bridgehead atoms. The van der Waals surface area contributed by atoms with E-state index < -0.39 is 5.91 Å². The van der Waals surface area contributed by atoms with Crippen LogP contribution in [0.1, 0.15) is 10.5 Å². The van der Waals surface area contributed by atoms with Crippen LogP contribution in [0.25, 0.3) is 10.9 Å². The lowest BCUT2D eigenvalue weighted by Gasteiger charge is -2.05. The lowest BCUT2D eigenvalue weighted by Crippen LogP contribution is -2.16. The number of fused-ring (bicyclic) bond motifs is 1. The Balaban J connectivity index is 2.69. The van der Waals surface area contributed by atoms with Crippen molar-refractivity contribution in [3.8, 4) is 0 Å². The van der Waals surface area contributed by atoms with E-state index in [2.05, 4.69) is 5.10 Å². The Bertz CT molecular complexity index is 610. The highest BCUT2D eigenvalue weighted by Gasteiger charge is 2.13. The summed E-state index contributed by atoms with van der Waals surface area (Å²) < 4.78 is 11.2. The molecular formula is C12H13N3O3. The molecular weight excluding hydrogens is 234 g/mol. The minimum Gasteiger partial charge on any atom is -0.453 e. The molecule has 0 spiro atoms. The molecule has 1 heterocycles. The van der Waals surface area contributed by atoms with Gasteiger partial charge in [0.1, 0.15) is 5.69 Å². The largest absolute Gasteiger partial charge is 0.453 e. The van der Waals surface area contributed by atoms with Gasteiger partial charge in [0, 0.05) is 5.39 Å². The van der Waals surface area contributed by atoms with Gasteiger partial charge in [0.15, 0.2) is 0 Å². The number of hydrogen-bond acceptors (Lipinski definition) is 4. The van der Waals surface area contributed by atoms with Crippen molar-refractivity contribution in [2.24, 2.45) is 10.8 Å². The van der Waals surface area contributed by atoms with Crippen molar-refractivity contribution in [1.82, 2.24) is 4.68 Å². The highest BCUT2D eigenvalue weighted by atomic mass is 16.7. The smallest absolute Gasteiger partial charge is 0.405 e. The van der Waals surface area contributed by atoms with Crippen molar-refractivity contribution >= 4 is 22.9 Å². The van der Waals surface area contributed by atoms with Gasteiger partial charge in [-0.05, 0) is 12.1 Å². The van der Waals surface area contributed by atoms with E-state index in [4.69, 9.17) is 15.2 Å². The number of rotatable bonds is 2. The maximum Gasteiger partial charge on any atom is 0.405 e. The molecule has 0 aliphatic rings. The van der Waals surface area contributed by atoms with Gasteiger partial charge in [0.2, 0.25) is 0 Å². The number of para-hydroxylation sites is 1. The summed E-state index contributed by atoms with van der Waals surface area (Å²) in [6.07, 6.45) is 0.0406. The maximum absolute atomic E-state index is 11.4. The first-order chi connectivity index (χ1) is 8.67. The predicted octanol–water partition coefficient (Wildman–Crippen LogP) is 1.15. The quantitative estimate of drug-likeness (QED) is 0.638. The van der Waals surface area contributed by atoms with E-state index in [9.17, 15) is 4.79 Å². The van der Waals surface area contributed by atoms with Crippen LogP contribution in [0.4, 0.5) is 0 Å². The van der Waals surface area contributed by atoms with Gasteiger partial charge in [-0.2, -0.15) is 0 Å². The standard InChI is InChI=1S/C12H13N3O3/c1-17-12(18-2)14-15-9-6-4-3-5-8(9)7-10(15)11(13)16/h3-7H,1-2H3,(H2,13,16). The molecule has 0 aliphatic carbocycles. The van der Waals surface area contributed by atoms with Gasteiger partial charge >= 0.3 is 6.08 Å². The minimum absolute atomic E-state index is 0.0406. The van der Waals surface area contributed by atoms with Gasteiger partial charge in [-0.15, -0.1) is 0 Å². The first kappa shape index (κ1) is 12.0. The number of primary amides is 1. The summed E-state index contributed by atoms with van der Waals surface area (Å²) in [6.45, 7) is 0. The van der Waals surface area contributed by atoms with Gasteiger partial charge in [0.25, 0.3) is 5.91 Å². The number of ether oxygens (including phenoxy) is 2. The van der Waals surface area contributed by atoms with E-state index in [1.165, 1.54) is 18.9 Å². The lowest BCUT2D eigenvalue weighted by molar-refractivity contribution is 0.0992. The van der Waals surface area contributed by atoms with Crippen LogP contribution in [0, 0.1) is 0 Å². The van der Waals surface area contributed by atoms with E-state index >= 15 is 0 Å². The number of nitrogens with two attached hydrogens (primary N) is 1. The Morgan fingerprint density at radius 3 is 2.56 bits per heavy atom. The highest BCUT2D eigenvalue weighted by molar-refractivity contribution is 5.98. The number of carbonyl (C=O) groups is 1. The normalized spacial score (nSPS) is 10.1. The molecule has 1 aromatic carbocycles. The Kier molecular flexibility index (Phi) is 3.18. The first-order valence-electron chi connectivity index (χ1n) is 5.24. The SMILES string of the molecule is COC(=Nn1c(C(N)=O)cc2ccccc21)OC. The zero-order valence-electron chi connectivity index (χ0n) is 10.1. The van der Waals surface area contributed by atoms with Gasteiger partial charge in [-0.1, -0.05) is 23.3 Å². The fourth-order valence-electron chi connectivity index (χ4n) is 1.67.